The first-order chi connectivity index (χ1) is 14.3. The van der Waals surface area contributed by atoms with Gasteiger partial charge in [0.1, 0.15) is 6.04 Å². The molecule has 2 N–H and O–H groups in total. The number of thiazole rings is 1. The third-order valence-corrected chi connectivity index (χ3v) is 7.05. The maximum Gasteiger partial charge on any atom is 0.263 e. The SMILES string of the molecule is CC(C(=O)Nc1ccc(S(=O)(=O)Nc2nccs2)cc1)n1ccc2cccc(Cl)c21. The number of nitrogens with one attached hydrogen (secondary N) is 2. The summed E-state index contributed by atoms with van der Waals surface area (Å²) in [7, 11) is -3.74. The number of hydrogen-bond donors (Lipinski definition) is 2. The van der Waals surface area contributed by atoms with E-state index in [9.17, 15) is 13.2 Å². The highest BCUT2D eigenvalue weighted by Gasteiger charge is 2.19. The van der Waals surface area contributed by atoms with Gasteiger partial charge in [-0.2, -0.15) is 0 Å². The lowest BCUT2D eigenvalue weighted by molar-refractivity contribution is -0.118. The Bertz CT molecular complexity index is 1300. The van der Waals surface area contributed by atoms with Crippen LogP contribution in [0.15, 0.2) is 71.2 Å². The van der Waals surface area contributed by atoms with E-state index in [1.807, 2.05) is 29.0 Å². The molecule has 2 aromatic heterocycles. The fourth-order valence-corrected chi connectivity index (χ4v) is 5.10. The van der Waals surface area contributed by atoms with Crippen LogP contribution in [0.25, 0.3) is 10.9 Å². The molecule has 4 rings (SSSR count). The molecular weight excluding hydrogens is 444 g/mol. The smallest absolute Gasteiger partial charge is 0.263 e. The van der Waals surface area contributed by atoms with Crippen molar-refractivity contribution in [3.63, 3.8) is 0 Å². The molecule has 10 heteroatoms. The highest BCUT2D eigenvalue weighted by atomic mass is 35.5. The Balaban J connectivity index is 1.49. The van der Waals surface area contributed by atoms with Crippen LogP contribution in [-0.4, -0.2) is 23.9 Å². The van der Waals surface area contributed by atoms with Crippen molar-refractivity contribution < 1.29 is 13.2 Å². The van der Waals surface area contributed by atoms with Crippen molar-refractivity contribution in [3.8, 4) is 0 Å². The van der Waals surface area contributed by atoms with Gasteiger partial charge < -0.3 is 9.88 Å². The molecule has 2 heterocycles. The van der Waals surface area contributed by atoms with Gasteiger partial charge in [0.2, 0.25) is 5.91 Å². The van der Waals surface area contributed by atoms with Crippen LogP contribution >= 0.6 is 22.9 Å². The lowest BCUT2D eigenvalue weighted by Gasteiger charge is -2.16. The Morgan fingerprint density at radius 2 is 1.93 bits per heavy atom. The Kier molecular flexibility index (Phi) is 5.50. The lowest BCUT2D eigenvalue weighted by Crippen LogP contribution is -2.23. The monoisotopic (exact) mass is 460 g/mol. The third kappa shape index (κ3) is 4.04. The fraction of sp³-hybridized carbons (Fsp3) is 0.100. The molecule has 1 unspecified atom stereocenters. The van der Waals surface area contributed by atoms with Crippen LogP contribution in [-0.2, 0) is 14.8 Å². The summed E-state index contributed by atoms with van der Waals surface area (Å²) in [4.78, 5) is 16.7. The number of rotatable bonds is 6. The summed E-state index contributed by atoms with van der Waals surface area (Å²) in [6.07, 6.45) is 3.34. The number of nitrogens with zero attached hydrogens (tertiary/aromatic N) is 2. The molecular formula is C20H17ClN4O3S2. The van der Waals surface area contributed by atoms with Gasteiger partial charge >= 0.3 is 0 Å². The number of carbonyl (C=O) groups excluding carboxylic acids is 1. The molecule has 0 aliphatic rings. The molecule has 1 amide bonds. The third-order valence-electron chi connectivity index (χ3n) is 4.57. The first-order valence-electron chi connectivity index (χ1n) is 8.93. The summed E-state index contributed by atoms with van der Waals surface area (Å²) in [5.74, 6) is -0.246. The quantitative estimate of drug-likeness (QED) is 0.434. The Hall–Kier alpha value is -2.88. The number of fused-ring (bicyclic) bond motifs is 1. The van der Waals surface area contributed by atoms with E-state index >= 15 is 0 Å². The Morgan fingerprint density at radius 3 is 2.63 bits per heavy atom. The van der Waals surface area contributed by atoms with Gasteiger partial charge in [-0.3, -0.25) is 9.52 Å². The average molecular weight is 461 g/mol. The number of carbonyl (C=O) groups is 1. The molecule has 0 radical (unpaired) electrons. The molecule has 0 saturated heterocycles. The van der Waals surface area contributed by atoms with E-state index in [0.717, 1.165) is 10.9 Å². The normalized spacial score (nSPS) is 12.6. The minimum atomic E-state index is -3.74. The van der Waals surface area contributed by atoms with Gasteiger partial charge in [-0.15, -0.1) is 11.3 Å². The molecule has 7 nitrogen and oxygen atoms in total. The van der Waals surface area contributed by atoms with Crippen molar-refractivity contribution in [2.24, 2.45) is 0 Å². The number of hydrogen-bond acceptors (Lipinski definition) is 5. The minimum Gasteiger partial charge on any atom is -0.334 e. The first-order valence-corrected chi connectivity index (χ1v) is 11.7. The highest BCUT2D eigenvalue weighted by molar-refractivity contribution is 7.93. The van der Waals surface area contributed by atoms with Gasteiger partial charge in [-0.05, 0) is 43.3 Å². The van der Waals surface area contributed by atoms with Crippen LogP contribution in [0, 0.1) is 0 Å². The second kappa shape index (κ2) is 8.10. The minimum absolute atomic E-state index is 0.0759. The predicted molar refractivity (Wildman–Crippen MR) is 120 cm³/mol. The zero-order valence-corrected chi connectivity index (χ0v) is 18.1. The summed E-state index contributed by atoms with van der Waals surface area (Å²) in [5.41, 5.74) is 1.28. The number of benzene rings is 2. The van der Waals surface area contributed by atoms with Crippen LogP contribution in [0.4, 0.5) is 10.8 Å². The number of anilines is 2. The van der Waals surface area contributed by atoms with Gasteiger partial charge in [0.25, 0.3) is 10.0 Å². The first kappa shape index (κ1) is 20.4. The van der Waals surface area contributed by atoms with E-state index in [1.165, 1.54) is 29.7 Å². The van der Waals surface area contributed by atoms with E-state index in [2.05, 4.69) is 15.0 Å². The molecule has 0 spiro atoms. The van der Waals surface area contributed by atoms with E-state index in [1.54, 1.807) is 30.5 Å². The fourth-order valence-electron chi connectivity index (χ4n) is 3.03. The molecule has 0 saturated carbocycles. The Labute approximate surface area is 182 Å². The summed E-state index contributed by atoms with van der Waals surface area (Å²) in [5, 5.41) is 6.30. The predicted octanol–water partition coefficient (Wildman–Crippen LogP) is 4.75. The summed E-state index contributed by atoms with van der Waals surface area (Å²) in [6.45, 7) is 1.77. The van der Waals surface area contributed by atoms with Gasteiger partial charge in [0.15, 0.2) is 5.13 Å². The molecule has 0 bridgehead atoms. The molecule has 30 heavy (non-hydrogen) atoms. The number of para-hydroxylation sites is 1. The van der Waals surface area contributed by atoms with E-state index < -0.39 is 16.1 Å². The zero-order valence-electron chi connectivity index (χ0n) is 15.7. The van der Waals surface area contributed by atoms with Crippen molar-refractivity contribution in [2.45, 2.75) is 17.9 Å². The van der Waals surface area contributed by atoms with Crippen molar-refractivity contribution in [3.05, 3.63) is 71.3 Å². The second-order valence-corrected chi connectivity index (χ2v) is 9.52. The van der Waals surface area contributed by atoms with Gasteiger partial charge in [0.05, 0.1) is 15.4 Å². The molecule has 0 aliphatic carbocycles. The van der Waals surface area contributed by atoms with E-state index in [0.29, 0.717) is 15.8 Å². The number of sulfonamides is 1. The van der Waals surface area contributed by atoms with Gasteiger partial charge in [0, 0.05) is 28.8 Å². The van der Waals surface area contributed by atoms with Crippen LogP contribution in [0.2, 0.25) is 5.02 Å². The molecule has 2 aromatic carbocycles. The van der Waals surface area contributed by atoms with Gasteiger partial charge in [-0.25, -0.2) is 13.4 Å². The second-order valence-electron chi connectivity index (χ2n) is 6.53. The zero-order chi connectivity index (χ0) is 21.3. The maximum absolute atomic E-state index is 12.7. The van der Waals surface area contributed by atoms with E-state index in [-0.39, 0.29) is 10.8 Å². The van der Waals surface area contributed by atoms with Crippen LogP contribution in [0.1, 0.15) is 13.0 Å². The molecule has 154 valence electrons. The molecule has 4 aromatic rings. The number of amides is 1. The summed E-state index contributed by atoms with van der Waals surface area (Å²) >= 11 is 7.49. The highest BCUT2D eigenvalue weighted by Crippen LogP contribution is 2.28. The molecule has 1 atom stereocenters. The van der Waals surface area contributed by atoms with Crippen molar-refractivity contribution in [1.82, 2.24) is 9.55 Å². The standard InChI is InChI=1S/C20H17ClN4O3S2/c1-13(25-11-9-14-3-2-4-17(21)18(14)25)19(26)23-15-5-7-16(8-6-15)30(27,28)24-20-22-10-12-29-20/h2-13H,1H3,(H,22,24)(H,23,26). The molecule has 0 fully saturated rings. The van der Waals surface area contributed by atoms with E-state index in [4.69, 9.17) is 11.6 Å². The van der Waals surface area contributed by atoms with Crippen molar-refractivity contribution >= 4 is 60.6 Å². The largest absolute Gasteiger partial charge is 0.334 e. The maximum atomic E-state index is 12.7. The number of halogens is 1. The lowest BCUT2D eigenvalue weighted by atomic mass is 10.2. The topological polar surface area (TPSA) is 93.1 Å². The van der Waals surface area contributed by atoms with Crippen LogP contribution in [0.3, 0.4) is 0 Å². The van der Waals surface area contributed by atoms with Gasteiger partial charge in [-0.1, -0.05) is 23.7 Å². The molecule has 0 aliphatic heterocycles. The van der Waals surface area contributed by atoms with Crippen LogP contribution < -0.4 is 10.0 Å². The number of aromatic nitrogens is 2. The Morgan fingerprint density at radius 1 is 1.17 bits per heavy atom. The summed E-state index contributed by atoms with van der Waals surface area (Å²) < 4.78 is 29.0. The average Bonchev–Trinajstić information content (AvgIpc) is 3.38. The van der Waals surface area contributed by atoms with Crippen LogP contribution in [0.5, 0.6) is 0 Å². The summed E-state index contributed by atoms with van der Waals surface area (Å²) in [6, 6.07) is 12.9. The van der Waals surface area contributed by atoms with Crippen molar-refractivity contribution in [2.75, 3.05) is 10.0 Å². The van der Waals surface area contributed by atoms with Crippen molar-refractivity contribution in [1.29, 1.82) is 0 Å².